The maximum absolute atomic E-state index is 11.6. The van der Waals surface area contributed by atoms with E-state index in [2.05, 4.69) is 0 Å². The molecule has 0 fully saturated rings. The molecule has 0 unspecified atom stereocenters. The van der Waals surface area contributed by atoms with E-state index in [4.69, 9.17) is 4.74 Å². The largest absolute Gasteiger partial charge is 0.462 e. The smallest absolute Gasteiger partial charge is 0.338 e. The van der Waals surface area contributed by atoms with Crippen LogP contribution in [0.1, 0.15) is 27.9 Å². The third kappa shape index (κ3) is 2.91. The summed E-state index contributed by atoms with van der Waals surface area (Å²) in [4.78, 5) is 21.6. The number of aryl methyl sites for hydroxylation is 1. The van der Waals surface area contributed by atoms with Gasteiger partial charge in [-0.25, -0.2) is 4.79 Å². The quantitative estimate of drug-likeness (QED) is 0.430. The molecule has 0 aliphatic heterocycles. The first kappa shape index (κ1) is 11.4. The van der Waals surface area contributed by atoms with Crippen molar-refractivity contribution in [3.05, 3.63) is 34.9 Å². The van der Waals surface area contributed by atoms with Crippen LogP contribution in [-0.4, -0.2) is 18.9 Å². The molecule has 1 rings (SSSR count). The van der Waals surface area contributed by atoms with Gasteiger partial charge in [0.05, 0.1) is 12.2 Å². The summed E-state index contributed by atoms with van der Waals surface area (Å²) in [7, 11) is 0. The van der Waals surface area contributed by atoms with E-state index in [1.807, 2.05) is 26.0 Å². The summed E-state index contributed by atoms with van der Waals surface area (Å²) < 4.78 is 4.93. The lowest BCUT2D eigenvalue weighted by Gasteiger charge is -2.07. The zero-order chi connectivity index (χ0) is 11.3. The van der Waals surface area contributed by atoms with Crippen LogP contribution in [0.15, 0.2) is 18.2 Å². The van der Waals surface area contributed by atoms with Crippen LogP contribution in [0.2, 0.25) is 0 Å². The molecule has 0 aromatic heterocycles. The molecule has 1 aromatic rings. The molecule has 0 aliphatic rings. The number of rotatable bonds is 4. The monoisotopic (exact) mass is 206 g/mol. The van der Waals surface area contributed by atoms with Crippen molar-refractivity contribution in [2.75, 3.05) is 6.61 Å². The minimum atomic E-state index is -0.363. The number of hydrogen-bond donors (Lipinski definition) is 0. The van der Waals surface area contributed by atoms with E-state index in [0.29, 0.717) is 5.56 Å². The van der Waals surface area contributed by atoms with Crippen LogP contribution in [0.3, 0.4) is 0 Å². The van der Waals surface area contributed by atoms with Gasteiger partial charge in [0, 0.05) is 6.42 Å². The fourth-order valence-corrected chi connectivity index (χ4v) is 1.25. The molecule has 0 bridgehead atoms. The predicted molar refractivity (Wildman–Crippen MR) is 56.9 cm³/mol. The number of esters is 1. The second kappa shape index (κ2) is 5.29. The van der Waals surface area contributed by atoms with Gasteiger partial charge in [-0.1, -0.05) is 12.1 Å². The summed E-state index contributed by atoms with van der Waals surface area (Å²) in [6.07, 6.45) is 0.979. The van der Waals surface area contributed by atoms with Crippen molar-refractivity contribution in [1.82, 2.24) is 0 Å². The van der Waals surface area contributed by atoms with Crippen LogP contribution in [0.5, 0.6) is 0 Å². The van der Waals surface area contributed by atoms with Gasteiger partial charge in [-0.2, -0.15) is 0 Å². The molecule has 1 aromatic carbocycles. The third-order valence-electron chi connectivity index (χ3n) is 2.29. The van der Waals surface area contributed by atoms with Crippen molar-refractivity contribution in [2.24, 2.45) is 0 Å². The molecule has 15 heavy (non-hydrogen) atoms. The fraction of sp³-hybridized carbons (Fsp3) is 0.333. The molecule has 0 atom stereocenters. The molecule has 3 heteroatoms. The minimum absolute atomic E-state index is 0.149. The summed E-state index contributed by atoms with van der Waals surface area (Å²) in [5.74, 6) is -0.363. The van der Waals surface area contributed by atoms with Crippen molar-refractivity contribution in [2.45, 2.75) is 20.3 Å². The highest BCUT2D eigenvalue weighted by molar-refractivity contribution is 5.91. The highest BCUT2D eigenvalue weighted by Gasteiger charge is 2.10. The Kier molecular flexibility index (Phi) is 4.03. The summed E-state index contributed by atoms with van der Waals surface area (Å²) in [6, 6.07) is 5.49. The first-order valence-electron chi connectivity index (χ1n) is 4.83. The Labute approximate surface area is 89.1 Å². The van der Waals surface area contributed by atoms with Crippen LogP contribution in [0, 0.1) is 13.8 Å². The highest BCUT2D eigenvalue weighted by Crippen LogP contribution is 2.13. The second-order valence-electron chi connectivity index (χ2n) is 3.34. The number of aldehydes is 1. The molecule has 0 saturated carbocycles. The topological polar surface area (TPSA) is 43.4 Å². The summed E-state index contributed by atoms with van der Waals surface area (Å²) in [5, 5.41) is 0. The average molecular weight is 206 g/mol. The summed E-state index contributed by atoms with van der Waals surface area (Å²) in [6.45, 7) is 3.97. The Balaban J connectivity index is 2.73. The Hall–Kier alpha value is -1.64. The lowest BCUT2D eigenvalue weighted by molar-refractivity contribution is -0.108. The number of carbonyl (C=O) groups excluding carboxylic acids is 2. The molecule has 3 nitrogen and oxygen atoms in total. The van der Waals surface area contributed by atoms with E-state index >= 15 is 0 Å². The van der Waals surface area contributed by atoms with Crippen LogP contribution >= 0.6 is 0 Å². The van der Waals surface area contributed by atoms with Gasteiger partial charge >= 0.3 is 5.97 Å². The first-order valence-corrected chi connectivity index (χ1v) is 4.83. The Morgan fingerprint density at radius 2 is 2.13 bits per heavy atom. The number of benzene rings is 1. The lowest BCUT2D eigenvalue weighted by Crippen LogP contribution is -2.09. The summed E-state index contributed by atoms with van der Waals surface area (Å²) >= 11 is 0. The lowest BCUT2D eigenvalue weighted by atomic mass is 10.0. The molecular formula is C12H14O3. The number of hydrogen-bond acceptors (Lipinski definition) is 3. The zero-order valence-electron chi connectivity index (χ0n) is 8.95. The molecule has 0 spiro atoms. The number of carbonyl (C=O) groups is 2. The molecule has 80 valence electrons. The van der Waals surface area contributed by atoms with Crippen molar-refractivity contribution in [3.8, 4) is 0 Å². The molecule has 0 N–H and O–H groups in total. The second-order valence-corrected chi connectivity index (χ2v) is 3.34. The van der Waals surface area contributed by atoms with E-state index in [0.717, 1.165) is 17.4 Å². The van der Waals surface area contributed by atoms with E-state index in [9.17, 15) is 9.59 Å². The van der Waals surface area contributed by atoms with Gasteiger partial charge in [0.15, 0.2) is 0 Å². The van der Waals surface area contributed by atoms with Gasteiger partial charge in [-0.15, -0.1) is 0 Å². The molecule has 0 heterocycles. The molecule has 0 aliphatic carbocycles. The maximum atomic E-state index is 11.6. The minimum Gasteiger partial charge on any atom is -0.462 e. The van der Waals surface area contributed by atoms with Gasteiger partial charge in [0.25, 0.3) is 0 Å². The van der Waals surface area contributed by atoms with Crippen molar-refractivity contribution in [1.29, 1.82) is 0 Å². The molecule has 0 amide bonds. The summed E-state index contributed by atoms with van der Waals surface area (Å²) in [5.41, 5.74) is 2.55. The maximum Gasteiger partial charge on any atom is 0.338 e. The SMILES string of the molecule is Cc1cccc(C(=O)OCCC=O)c1C. The van der Waals surface area contributed by atoms with Crippen molar-refractivity contribution >= 4 is 12.3 Å². The third-order valence-corrected chi connectivity index (χ3v) is 2.29. The van der Waals surface area contributed by atoms with E-state index in [-0.39, 0.29) is 19.0 Å². The predicted octanol–water partition coefficient (Wildman–Crippen LogP) is 2.05. The van der Waals surface area contributed by atoms with Gasteiger partial charge in [0.2, 0.25) is 0 Å². The van der Waals surface area contributed by atoms with Gasteiger partial charge in [-0.3, -0.25) is 0 Å². The van der Waals surface area contributed by atoms with Crippen molar-refractivity contribution in [3.63, 3.8) is 0 Å². The molecule has 0 radical (unpaired) electrons. The zero-order valence-corrected chi connectivity index (χ0v) is 8.95. The van der Waals surface area contributed by atoms with Crippen LogP contribution in [0.4, 0.5) is 0 Å². The van der Waals surface area contributed by atoms with Gasteiger partial charge in [0.1, 0.15) is 6.29 Å². The van der Waals surface area contributed by atoms with Gasteiger partial charge in [-0.05, 0) is 31.0 Å². The molecular weight excluding hydrogens is 192 g/mol. The highest BCUT2D eigenvalue weighted by atomic mass is 16.5. The van der Waals surface area contributed by atoms with Crippen molar-refractivity contribution < 1.29 is 14.3 Å². The fourth-order valence-electron chi connectivity index (χ4n) is 1.25. The van der Waals surface area contributed by atoms with Crippen LogP contribution in [0.25, 0.3) is 0 Å². The van der Waals surface area contributed by atoms with E-state index in [1.54, 1.807) is 6.07 Å². The van der Waals surface area contributed by atoms with Crippen LogP contribution < -0.4 is 0 Å². The standard InChI is InChI=1S/C12H14O3/c1-9-5-3-6-11(10(9)2)12(14)15-8-4-7-13/h3,5-7H,4,8H2,1-2H3. The Bertz CT molecular complexity index is 369. The average Bonchev–Trinajstić information content (AvgIpc) is 2.22. The van der Waals surface area contributed by atoms with Gasteiger partial charge < -0.3 is 9.53 Å². The van der Waals surface area contributed by atoms with E-state index < -0.39 is 0 Å². The Morgan fingerprint density at radius 1 is 1.40 bits per heavy atom. The van der Waals surface area contributed by atoms with Crippen LogP contribution in [-0.2, 0) is 9.53 Å². The first-order chi connectivity index (χ1) is 7.16. The Morgan fingerprint density at radius 3 is 2.80 bits per heavy atom. The number of ether oxygens (including phenoxy) is 1. The van der Waals surface area contributed by atoms with E-state index in [1.165, 1.54) is 0 Å². The normalized spacial score (nSPS) is 9.73. The molecule has 0 saturated heterocycles.